The second-order valence-corrected chi connectivity index (χ2v) is 7.14. The molecule has 1 aliphatic heterocycles. The predicted octanol–water partition coefficient (Wildman–Crippen LogP) is 2.19. The van der Waals surface area contributed by atoms with Gasteiger partial charge in [-0.2, -0.15) is 0 Å². The van der Waals surface area contributed by atoms with Crippen LogP contribution in [-0.4, -0.2) is 49.4 Å². The molecule has 3 rings (SSSR count). The molecule has 2 aromatic rings. The fraction of sp³-hybridized carbons (Fsp3) is 0.318. The standard InChI is InChI=1S/C22H26FN5O2.HI/c1-15-3-4-17(11-19(15)23)13-27-22(24-2)26-12-16-5-7-18(8-6-16)21(30)28-10-9-25-20(29)14-28;/h3-8,11H,9-10,12-14H2,1-2H3,(H,25,29)(H2,24,26,27);1H. The molecule has 0 aliphatic carbocycles. The topological polar surface area (TPSA) is 85.8 Å². The number of amides is 2. The van der Waals surface area contributed by atoms with Crippen LogP contribution in [0.5, 0.6) is 0 Å². The monoisotopic (exact) mass is 539 g/mol. The normalized spacial score (nSPS) is 13.8. The van der Waals surface area contributed by atoms with Gasteiger partial charge in [0.2, 0.25) is 5.91 Å². The molecule has 7 nitrogen and oxygen atoms in total. The maximum atomic E-state index is 13.7. The minimum Gasteiger partial charge on any atom is -0.353 e. The first-order chi connectivity index (χ1) is 14.5. The summed E-state index contributed by atoms with van der Waals surface area (Å²) in [4.78, 5) is 29.7. The van der Waals surface area contributed by atoms with Crippen molar-refractivity contribution in [3.05, 3.63) is 70.5 Å². The van der Waals surface area contributed by atoms with Crippen LogP contribution in [0, 0.1) is 12.7 Å². The smallest absolute Gasteiger partial charge is 0.254 e. The van der Waals surface area contributed by atoms with Gasteiger partial charge >= 0.3 is 0 Å². The number of carbonyl (C=O) groups excluding carboxylic acids is 2. The molecule has 2 aromatic carbocycles. The molecule has 1 fully saturated rings. The molecule has 31 heavy (non-hydrogen) atoms. The SMILES string of the molecule is CN=C(NCc1ccc(C(=O)N2CCNC(=O)C2)cc1)NCc1ccc(C)c(F)c1.I. The summed E-state index contributed by atoms with van der Waals surface area (Å²) in [7, 11) is 1.67. The molecule has 0 saturated carbocycles. The molecule has 0 atom stereocenters. The number of guanidine groups is 1. The molecule has 0 spiro atoms. The molecule has 1 aliphatic rings. The van der Waals surface area contributed by atoms with Crippen molar-refractivity contribution in [2.45, 2.75) is 20.0 Å². The van der Waals surface area contributed by atoms with E-state index in [-0.39, 0.29) is 48.2 Å². The van der Waals surface area contributed by atoms with Crippen LogP contribution in [0.4, 0.5) is 4.39 Å². The van der Waals surface area contributed by atoms with E-state index >= 15 is 0 Å². The zero-order chi connectivity index (χ0) is 21.5. The summed E-state index contributed by atoms with van der Waals surface area (Å²) >= 11 is 0. The van der Waals surface area contributed by atoms with Gasteiger partial charge in [0.05, 0.1) is 6.54 Å². The largest absolute Gasteiger partial charge is 0.353 e. The Bertz CT molecular complexity index is 949. The van der Waals surface area contributed by atoms with E-state index in [2.05, 4.69) is 20.9 Å². The number of aliphatic imine (C=N–C) groups is 1. The Morgan fingerprint density at radius 1 is 1.13 bits per heavy atom. The van der Waals surface area contributed by atoms with Gasteiger partial charge in [-0.3, -0.25) is 14.6 Å². The second kappa shape index (κ2) is 11.6. The van der Waals surface area contributed by atoms with E-state index < -0.39 is 0 Å². The molecule has 0 unspecified atom stereocenters. The Kier molecular flexibility index (Phi) is 9.22. The molecule has 2 amide bonds. The minimum absolute atomic E-state index is 0. The highest BCUT2D eigenvalue weighted by atomic mass is 127. The van der Waals surface area contributed by atoms with Crippen LogP contribution in [0.1, 0.15) is 27.0 Å². The average Bonchev–Trinajstić information content (AvgIpc) is 2.76. The Balaban J connectivity index is 0.00000341. The van der Waals surface area contributed by atoms with E-state index in [0.717, 1.165) is 11.1 Å². The first-order valence-corrected chi connectivity index (χ1v) is 9.80. The number of rotatable bonds is 5. The molecule has 166 valence electrons. The van der Waals surface area contributed by atoms with Crippen LogP contribution < -0.4 is 16.0 Å². The number of hydrogen-bond donors (Lipinski definition) is 3. The first kappa shape index (κ1) is 24.6. The van der Waals surface area contributed by atoms with E-state index in [0.29, 0.717) is 43.3 Å². The lowest BCUT2D eigenvalue weighted by molar-refractivity contribution is -0.123. The minimum atomic E-state index is -0.225. The molecule has 0 aromatic heterocycles. The van der Waals surface area contributed by atoms with Gasteiger partial charge < -0.3 is 20.9 Å². The molecule has 1 heterocycles. The fourth-order valence-corrected chi connectivity index (χ4v) is 3.10. The Morgan fingerprint density at radius 3 is 2.39 bits per heavy atom. The van der Waals surface area contributed by atoms with E-state index in [1.807, 2.05) is 18.2 Å². The summed E-state index contributed by atoms with van der Waals surface area (Å²) in [6.07, 6.45) is 0. The van der Waals surface area contributed by atoms with Crippen molar-refractivity contribution in [3.63, 3.8) is 0 Å². The quantitative estimate of drug-likeness (QED) is 0.309. The van der Waals surface area contributed by atoms with Gasteiger partial charge in [0, 0.05) is 38.8 Å². The van der Waals surface area contributed by atoms with Crippen LogP contribution in [-0.2, 0) is 17.9 Å². The number of piperazine rings is 1. The van der Waals surface area contributed by atoms with Crippen molar-refractivity contribution in [3.8, 4) is 0 Å². The predicted molar refractivity (Wildman–Crippen MR) is 129 cm³/mol. The molecule has 1 saturated heterocycles. The number of nitrogens with zero attached hydrogens (tertiary/aromatic N) is 2. The number of nitrogens with one attached hydrogen (secondary N) is 3. The molecular weight excluding hydrogens is 512 g/mol. The maximum absolute atomic E-state index is 13.7. The summed E-state index contributed by atoms with van der Waals surface area (Å²) in [5, 5.41) is 9.06. The Hall–Kier alpha value is -2.69. The Labute approximate surface area is 198 Å². The second-order valence-electron chi connectivity index (χ2n) is 7.14. The van der Waals surface area contributed by atoms with E-state index in [1.54, 1.807) is 37.1 Å². The number of benzene rings is 2. The van der Waals surface area contributed by atoms with E-state index in [4.69, 9.17) is 0 Å². The summed E-state index contributed by atoms with van der Waals surface area (Å²) in [5.41, 5.74) is 2.98. The number of halogens is 2. The molecule has 0 bridgehead atoms. The maximum Gasteiger partial charge on any atom is 0.254 e. The first-order valence-electron chi connectivity index (χ1n) is 9.80. The van der Waals surface area contributed by atoms with Crippen LogP contribution in [0.25, 0.3) is 0 Å². The van der Waals surface area contributed by atoms with E-state index in [9.17, 15) is 14.0 Å². The van der Waals surface area contributed by atoms with Gasteiger partial charge in [0.1, 0.15) is 5.82 Å². The van der Waals surface area contributed by atoms with Crippen LogP contribution >= 0.6 is 24.0 Å². The van der Waals surface area contributed by atoms with Gasteiger partial charge in [-0.15, -0.1) is 24.0 Å². The summed E-state index contributed by atoms with van der Waals surface area (Å²) in [6.45, 7) is 3.79. The van der Waals surface area contributed by atoms with Crippen LogP contribution in [0.2, 0.25) is 0 Å². The number of aryl methyl sites for hydroxylation is 1. The number of carbonyl (C=O) groups is 2. The lowest BCUT2D eigenvalue weighted by Gasteiger charge is -2.26. The van der Waals surface area contributed by atoms with Gasteiger partial charge in [-0.1, -0.05) is 24.3 Å². The van der Waals surface area contributed by atoms with Gasteiger partial charge in [-0.05, 0) is 41.8 Å². The van der Waals surface area contributed by atoms with Crippen molar-refractivity contribution in [2.75, 3.05) is 26.7 Å². The molecule has 3 N–H and O–H groups in total. The molecule has 0 radical (unpaired) electrons. The third-order valence-corrected chi connectivity index (χ3v) is 4.91. The highest BCUT2D eigenvalue weighted by Crippen LogP contribution is 2.10. The van der Waals surface area contributed by atoms with Crippen molar-refractivity contribution in [1.29, 1.82) is 0 Å². The molecule has 9 heteroatoms. The lowest BCUT2D eigenvalue weighted by Crippen LogP contribution is -2.49. The lowest BCUT2D eigenvalue weighted by atomic mass is 10.1. The average molecular weight is 539 g/mol. The fourth-order valence-electron chi connectivity index (χ4n) is 3.10. The zero-order valence-corrected chi connectivity index (χ0v) is 19.9. The zero-order valence-electron chi connectivity index (χ0n) is 17.6. The molecular formula is C22H27FIN5O2. The highest BCUT2D eigenvalue weighted by Gasteiger charge is 2.22. The van der Waals surface area contributed by atoms with Crippen LogP contribution in [0.15, 0.2) is 47.5 Å². The summed E-state index contributed by atoms with van der Waals surface area (Å²) in [5.74, 6) is 0.0855. The van der Waals surface area contributed by atoms with Crippen molar-refractivity contribution >= 4 is 41.8 Å². The van der Waals surface area contributed by atoms with Crippen molar-refractivity contribution in [2.24, 2.45) is 4.99 Å². The third-order valence-electron chi connectivity index (χ3n) is 4.91. The van der Waals surface area contributed by atoms with Crippen LogP contribution in [0.3, 0.4) is 0 Å². The van der Waals surface area contributed by atoms with Crippen molar-refractivity contribution < 1.29 is 14.0 Å². The third kappa shape index (κ3) is 6.91. The number of hydrogen-bond acceptors (Lipinski definition) is 3. The van der Waals surface area contributed by atoms with E-state index in [1.165, 1.54) is 6.07 Å². The highest BCUT2D eigenvalue weighted by molar-refractivity contribution is 14.0. The Morgan fingerprint density at radius 2 is 1.77 bits per heavy atom. The van der Waals surface area contributed by atoms with Gasteiger partial charge in [-0.25, -0.2) is 4.39 Å². The van der Waals surface area contributed by atoms with Gasteiger partial charge in [0.25, 0.3) is 5.91 Å². The van der Waals surface area contributed by atoms with Gasteiger partial charge in [0.15, 0.2) is 5.96 Å². The summed E-state index contributed by atoms with van der Waals surface area (Å²) < 4.78 is 13.7. The summed E-state index contributed by atoms with van der Waals surface area (Å²) in [6, 6.07) is 12.4. The van der Waals surface area contributed by atoms with Crippen molar-refractivity contribution in [1.82, 2.24) is 20.9 Å².